The molecule has 3 fully saturated rings. The van der Waals surface area contributed by atoms with Crippen LogP contribution in [0.25, 0.3) is 0 Å². The summed E-state index contributed by atoms with van der Waals surface area (Å²) >= 11 is 0. The molecule has 2 unspecified atom stereocenters. The SMILES string of the molecule is CN=C(NCC1(CS(C)(=O)=O)CC1)N1CC2OCCN(Cc3ccccc3)C2C1.I. The van der Waals surface area contributed by atoms with E-state index in [1.807, 2.05) is 0 Å². The quantitative estimate of drug-likeness (QED) is 0.331. The summed E-state index contributed by atoms with van der Waals surface area (Å²) in [5, 5.41) is 3.45. The highest BCUT2D eigenvalue weighted by Gasteiger charge is 2.46. The van der Waals surface area contributed by atoms with Crippen molar-refractivity contribution in [2.45, 2.75) is 31.5 Å². The van der Waals surface area contributed by atoms with Gasteiger partial charge in [-0.3, -0.25) is 9.89 Å². The van der Waals surface area contributed by atoms with Crippen molar-refractivity contribution in [2.24, 2.45) is 10.4 Å². The summed E-state index contributed by atoms with van der Waals surface area (Å²) in [7, 11) is -1.17. The van der Waals surface area contributed by atoms with Crippen LogP contribution in [0.3, 0.4) is 0 Å². The lowest BCUT2D eigenvalue weighted by Gasteiger charge is -2.36. The molecule has 1 aromatic rings. The molecule has 2 aliphatic heterocycles. The minimum atomic E-state index is -2.97. The predicted molar refractivity (Wildman–Crippen MR) is 130 cm³/mol. The van der Waals surface area contributed by atoms with Crippen LogP contribution >= 0.6 is 24.0 Å². The van der Waals surface area contributed by atoms with Gasteiger partial charge in [-0.15, -0.1) is 24.0 Å². The van der Waals surface area contributed by atoms with Crippen molar-refractivity contribution in [3.63, 3.8) is 0 Å². The lowest BCUT2D eigenvalue weighted by molar-refractivity contribution is -0.0502. The molecule has 2 heterocycles. The van der Waals surface area contributed by atoms with E-state index < -0.39 is 9.84 Å². The largest absolute Gasteiger partial charge is 0.373 e. The number of likely N-dealkylation sites (tertiary alicyclic amines) is 1. The highest BCUT2D eigenvalue weighted by atomic mass is 127. The fourth-order valence-electron chi connectivity index (χ4n) is 4.65. The first-order valence-corrected chi connectivity index (χ1v) is 12.5. The van der Waals surface area contributed by atoms with Crippen molar-refractivity contribution in [2.75, 3.05) is 51.8 Å². The fourth-order valence-corrected chi connectivity index (χ4v) is 6.15. The second-order valence-corrected chi connectivity index (χ2v) is 10.9. The number of hydrogen-bond acceptors (Lipinski definition) is 5. The maximum absolute atomic E-state index is 11.7. The Morgan fingerprint density at radius 1 is 1.27 bits per heavy atom. The molecule has 7 nitrogen and oxygen atoms in total. The molecule has 1 saturated carbocycles. The Labute approximate surface area is 197 Å². The van der Waals surface area contributed by atoms with Crippen LogP contribution in [0.5, 0.6) is 0 Å². The number of morpholine rings is 1. The van der Waals surface area contributed by atoms with Gasteiger partial charge in [-0.1, -0.05) is 30.3 Å². The van der Waals surface area contributed by atoms with Crippen molar-refractivity contribution in [3.8, 4) is 0 Å². The maximum atomic E-state index is 11.7. The summed E-state index contributed by atoms with van der Waals surface area (Å²) in [6, 6.07) is 10.9. The molecule has 1 aromatic carbocycles. The molecule has 0 radical (unpaired) electrons. The van der Waals surface area contributed by atoms with Crippen LogP contribution < -0.4 is 5.32 Å². The molecule has 0 aromatic heterocycles. The third-order valence-corrected chi connectivity index (χ3v) is 7.44. The topological polar surface area (TPSA) is 74.2 Å². The molecule has 2 atom stereocenters. The normalized spacial score (nSPS) is 26.1. The Kier molecular flexibility index (Phi) is 7.68. The van der Waals surface area contributed by atoms with Crippen molar-refractivity contribution in [1.82, 2.24) is 15.1 Å². The van der Waals surface area contributed by atoms with E-state index in [2.05, 4.69) is 50.4 Å². The van der Waals surface area contributed by atoms with Gasteiger partial charge in [-0.25, -0.2) is 8.42 Å². The minimum Gasteiger partial charge on any atom is -0.373 e. The average molecular weight is 548 g/mol. The van der Waals surface area contributed by atoms with E-state index in [1.165, 1.54) is 11.8 Å². The van der Waals surface area contributed by atoms with Gasteiger partial charge < -0.3 is 15.0 Å². The first-order chi connectivity index (χ1) is 13.9. The Bertz CT molecular complexity index is 845. The number of ether oxygens (including phenoxy) is 1. The molecule has 1 N–H and O–H groups in total. The summed E-state index contributed by atoms with van der Waals surface area (Å²) in [6.07, 6.45) is 3.43. The van der Waals surface area contributed by atoms with E-state index in [9.17, 15) is 8.42 Å². The van der Waals surface area contributed by atoms with Crippen LogP contribution in [0, 0.1) is 5.41 Å². The molecule has 0 amide bonds. The average Bonchev–Trinajstić information content (AvgIpc) is 3.27. The van der Waals surface area contributed by atoms with Gasteiger partial charge in [0.15, 0.2) is 5.96 Å². The summed E-state index contributed by atoms with van der Waals surface area (Å²) in [6.45, 7) is 4.97. The van der Waals surface area contributed by atoms with Gasteiger partial charge in [0, 0.05) is 51.4 Å². The van der Waals surface area contributed by atoms with Crippen LogP contribution in [0.2, 0.25) is 0 Å². The number of benzene rings is 1. The molecule has 0 bridgehead atoms. The number of fused-ring (bicyclic) bond motifs is 1. The number of guanidine groups is 1. The molecule has 9 heteroatoms. The summed E-state index contributed by atoms with van der Waals surface area (Å²) in [5.74, 6) is 1.10. The summed E-state index contributed by atoms with van der Waals surface area (Å²) in [5.41, 5.74) is 1.21. The minimum absolute atomic E-state index is 0. The second kappa shape index (κ2) is 9.70. The van der Waals surface area contributed by atoms with Crippen LogP contribution in [0.15, 0.2) is 35.3 Å². The smallest absolute Gasteiger partial charge is 0.193 e. The third kappa shape index (κ3) is 5.86. The monoisotopic (exact) mass is 548 g/mol. The zero-order valence-electron chi connectivity index (χ0n) is 17.8. The molecule has 0 spiro atoms. The van der Waals surface area contributed by atoms with Gasteiger partial charge >= 0.3 is 0 Å². The standard InChI is InChI=1S/C21H32N4O3S.HI/c1-22-20(23-15-21(8-9-21)16-29(2,26)27)25-13-18-19(14-25)28-11-10-24(18)12-17-6-4-3-5-7-17;/h3-7,18-19H,8-16H2,1-2H3,(H,22,23);1H. The Morgan fingerprint density at radius 2 is 2.00 bits per heavy atom. The van der Waals surface area contributed by atoms with Crippen molar-refractivity contribution >= 4 is 39.8 Å². The zero-order valence-corrected chi connectivity index (χ0v) is 20.9. The molecular weight excluding hydrogens is 515 g/mol. The maximum Gasteiger partial charge on any atom is 0.193 e. The van der Waals surface area contributed by atoms with Crippen LogP contribution in [0.4, 0.5) is 0 Å². The summed E-state index contributed by atoms with van der Waals surface area (Å²) in [4.78, 5) is 9.25. The Morgan fingerprint density at radius 3 is 2.63 bits per heavy atom. The number of sulfone groups is 1. The first kappa shape index (κ1) is 23.7. The number of nitrogens with one attached hydrogen (secondary N) is 1. The zero-order chi connectivity index (χ0) is 20.5. The van der Waals surface area contributed by atoms with Crippen molar-refractivity contribution < 1.29 is 13.2 Å². The lowest BCUT2D eigenvalue weighted by Crippen LogP contribution is -2.50. The van der Waals surface area contributed by atoms with Gasteiger partial charge in [0.05, 0.1) is 24.5 Å². The highest BCUT2D eigenvalue weighted by Crippen LogP contribution is 2.46. The van der Waals surface area contributed by atoms with Crippen LogP contribution in [-0.4, -0.2) is 88.2 Å². The predicted octanol–water partition coefficient (Wildman–Crippen LogP) is 1.59. The van der Waals surface area contributed by atoms with E-state index >= 15 is 0 Å². The van der Waals surface area contributed by atoms with E-state index in [4.69, 9.17) is 4.74 Å². The summed E-state index contributed by atoms with van der Waals surface area (Å²) < 4.78 is 29.5. The van der Waals surface area contributed by atoms with Gasteiger partial charge in [0.25, 0.3) is 0 Å². The third-order valence-electron chi connectivity index (χ3n) is 6.30. The van der Waals surface area contributed by atoms with Crippen LogP contribution in [-0.2, 0) is 21.1 Å². The Balaban J connectivity index is 0.00000256. The second-order valence-electron chi connectivity index (χ2n) is 8.81. The molecule has 30 heavy (non-hydrogen) atoms. The fraction of sp³-hybridized carbons (Fsp3) is 0.667. The molecule has 1 aliphatic carbocycles. The number of halogens is 1. The van der Waals surface area contributed by atoms with Gasteiger partial charge in [0.2, 0.25) is 0 Å². The van der Waals surface area contributed by atoms with Gasteiger partial charge in [0.1, 0.15) is 9.84 Å². The number of aliphatic imine (C=N–C) groups is 1. The molecule has 168 valence electrons. The number of hydrogen-bond donors (Lipinski definition) is 1. The molecular formula is C21H33IN4O3S. The van der Waals surface area contributed by atoms with E-state index in [0.717, 1.165) is 51.6 Å². The van der Waals surface area contributed by atoms with Crippen molar-refractivity contribution in [1.29, 1.82) is 0 Å². The number of nitrogens with zero attached hydrogens (tertiary/aromatic N) is 3. The van der Waals surface area contributed by atoms with E-state index in [1.54, 1.807) is 7.05 Å². The molecule has 4 rings (SSSR count). The molecule has 2 saturated heterocycles. The highest BCUT2D eigenvalue weighted by molar-refractivity contribution is 14.0. The van der Waals surface area contributed by atoms with Gasteiger partial charge in [-0.2, -0.15) is 0 Å². The van der Waals surface area contributed by atoms with Crippen molar-refractivity contribution in [3.05, 3.63) is 35.9 Å². The van der Waals surface area contributed by atoms with E-state index in [-0.39, 0.29) is 41.2 Å². The van der Waals surface area contributed by atoms with E-state index in [0.29, 0.717) is 12.6 Å². The lowest BCUT2D eigenvalue weighted by atomic mass is 10.1. The van der Waals surface area contributed by atoms with Crippen LogP contribution in [0.1, 0.15) is 18.4 Å². The molecule has 3 aliphatic rings. The Hall–Kier alpha value is -0.910. The first-order valence-electron chi connectivity index (χ1n) is 10.4. The van der Waals surface area contributed by atoms with Gasteiger partial charge in [-0.05, 0) is 18.4 Å². The number of rotatable bonds is 6.